The van der Waals surface area contributed by atoms with Crippen LogP contribution in [0.1, 0.15) is 0 Å². The highest BCUT2D eigenvalue weighted by Crippen LogP contribution is 2.31. The molecule has 4 nitrogen and oxygen atoms in total. The number of aromatic nitrogens is 3. The second-order valence-electron chi connectivity index (χ2n) is 2.63. The fourth-order valence-electron chi connectivity index (χ4n) is 1.03. The van der Waals surface area contributed by atoms with Crippen LogP contribution in [0, 0.1) is 0 Å². The Labute approximate surface area is 97.4 Å². The fourth-order valence-corrected chi connectivity index (χ4v) is 2.12. The van der Waals surface area contributed by atoms with E-state index in [4.69, 9.17) is 5.73 Å². The van der Waals surface area contributed by atoms with Gasteiger partial charge >= 0.3 is 0 Å². The van der Waals surface area contributed by atoms with Crippen molar-refractivity contribution in [3.63, 3.8) is 0 Å². The van der Waals surface area contributed by atoms with Gasteiger partial charge in [-0.15, -0.1) is 0 Å². The predicted octanol–water partition coefficient (Wildman–Crippen LogP) is 2.37. The topological polar surface area (TPSA) is 56.7 Å². The second kappa shape index (κ2) is 3.70. The molecule has 2 heterocycles. The van der Waals surface area contributed by atoms with Gasteiger partial charge < -0.3 is 5.73 Å². The summed E-state index contributed by atoms with van der Waals surface area (Å²) in [7, 11) is 0. The average molecular weight is 318 g/mol. The first-order chi connectivity index (χ1) is 6.70. The van der Waals surface area contributed by atoms with Crippen molar-refractivity contribution in [2.45, 2.75) is 0 Å². The smallest absolute Gasteiger partial charge is 0.154 e. The minimum absolute atomic E-state index is 0.628. The van der Waals surface area contributed by atoms with Crippen molar-refractivity contribution in [3.8, 4) is 5.82 Å². The number of hydrogen-bond donors (Lipinski definition) is 1. The Morgan fingerprint density at radius 2 is 2.14 bits per heavy atom. The van der Waals surface area contributed by atoms with E-state index < -0.39 is 0 Å². The summed E-state index contributed by atoms with van der Waals surface area (Å²) in [6.07, 6.45) is 6.82. The quantitative estimate of drug-likeness (QED) is 0.878. The van der Waals surface area contributed by atoms with Crippen LogP contribution in [0.15, 0.2) is 33.9 Å². The summed E-state index contributed by atoms with van der Waals surface area (Å²) < 4.78 is 3.31. The van der Waals surface area contributed by atoms with E-state index in [0.717, 1.165) is 14.8 Å². The number of anilines is 1. The van der Waals surface area contributed by atoms with Crippen LogP contribution in [0.25, 0.3) is 5.82 Å². The lowest BCUT2D eigenvalue weighted by atomic mass is 10.4. The molecular formula is C8H6Br2N4. The molecule has 0 spiro atoms. The highest BCUT2D eigenvalue weighted by molar-refractivity contribution is 9.11. The molecule has 72 valence electrons. The zero-order valence-electron chi connectivity index (χ0n) is 6.98. The van der Waals surface area contributed by atoms with Gasteiger partial charge in [0.25, 0.3) is 0 Å². The van der Waals surface area contributed by atoms with Crippen molar-refractivity contribution in [2.24, 2.45) is 0 Å². The van der Waals surface area contributed by atoms with Crippen molar-refractivity contribution in [1.82, 2.24) is 14.5 Å². The lowest BCUT2D eigenvalue weighted by Crippen LogP contribution is -1.99. The van der Waals surface area contributed by atoms with Crippen LogP contribution in [-0.4, -0.2) is 14.5 Å². The Morgan fingerprint density at radius 3 is 2.79 bits per heavy atom. The molecule has 0 aliphatic rings. The molecule has 0 unspecified atom stereocenters. The van der Waals surface area contributed by atoms with Crippen molar-refractivity contribution in [2.75, 3.05) is 5.73 Å². The molecule has 2 rings (SSSR count). The third-order valence-electron chi connectivity index (χ3n) is 1.74. The molecule has 0 amide bonds. The first-order valence-electron chi connectivity index (χ1n) is 3.78. The van der Waals surface area contributed by atoms with Gasteiger partial charge in [0.2, 0.25) is 0 Å². The Kier molecular flexibility index (Phi) is 2.56. The molecule has 0 radical (unpaired) electrons. The molecule has 2 N–H and O–H groups in total. The monoisotopic (exact) mass is 316 g/mol. The van der Waals surface area contributed by atoms with Gasteiger partial charge in [0.15, 0.2) is 5.82 Å². The summed E-state index contributed by atoms with van der Waals surface area (Å²) >= 11 is 6.69. The maximum absolute atomic E-state index is 5.82. The van der Waals surface area contributed by atoms with Gasteiger partial charge in [-0.1, -0.05) is 0 Å². The minimum Gasteiger partial charge on any atom is -0.397 e. The van der Waals surface area contributed by atoms with Gasteiger partial charge in [0, 0.05) is 18.6 Å². The summed E-state index contributed by atoms with van der Waals surface area (Å²) in [4.78, 5) is 8.17. The molecule has 0 fully saturated rings. The maximum Gasteiger partial charge on any atom is 0.154 e. The van der Waals surface area contributed by atoms with Crippen LogP contribution in [0.3, 0.4) is 0 Å². The molecule has 0 saturated carbocycles. The second-order valence-corrected chi connectivity index (χ2v) is 4.27. The third kappa shape index (κ3) is 1.55. The van der Waals surface area contributed by atoms with Crippen molar-refractivity contribution in [1.29, 1.82) is 0 Å². The van der Waals surface area contributed by atoms with E-state index in [1.807, 2.05) is 0 Å². The van der Waals surface area contributed by atoms with E-state index in [1.165, 1.54) is 0 Å². The molecule has 2 aromatic rings. The van der Waals surface area contributed by atoms with E-state index in [9.17, 15) is 0 Å². The van der Waals surface area contributed by atoms with E-state index >= 15 is 0 Å². The molecular weight excluding hydrogens is 312 g/mol. The molecule has 14 heavy (non-hydrogen) atoms. The summed E-state index contributed by atoms with van der Waals surface area (Å²) in [5.41, 5.74) is 6.45. The Bertz CT molecular complexity index is 453. The van der Waals surface area contributed by atoms with Gasteiger partial charge in [-0.25, -0.2) is 9.97 Å². The molecule has 0 bridgehead atoms. The van der Waals surface area contributed by atoms with E-state index in [0.29, 0.717) is 5.69 Å². The van der Waals surface area contributed by atoms with Crippen molar-refractivity contribution >= 4 is 37.5 Å². The highest BCUT2D eigenvalue weighted by Gasteiger charge is 2.09. The van der Waals surface area contributed by atoms with Gasteiger partial charge in [-0.3, -0.25) is 4.57 Å². The Balaban J connectivity index is 2.61. The lowest BCUT2D eigenvalue weighted by molar-refractivity contribution is 0.983. The van der Waals surface area contributed by atoms with E-state index in [2.05, 4.69) is 41.8 Å². The van der Waals surface area contributed by atoms with Crippen LogP contribution in [0.4, 0.5) is 5.69 Å². The molecule has 2 aromatic heterocycles. The van der Waals surface area contributed by atoms with Crippen LogP contribution in [0.2, 0.25) is 0 Å². The van der Waals surface area contributed by atoms with Crippen LogP contribution < -0.4 is 5.73 Å². The van der Waals surface area contributed by atoms with E-state index in [-0.39, 0.29) is 0 Å². The van der Waals surface area contributed by atoms with Gasteiger partial charge in [0.05, 0.1) is 14.6 Å². The van der Waals surface area contributed by atoms with Crippen LogP contribution in [0.5, 0.6) is 0 Å². The van der Waals surface area contributed by atoms with Gasteiger partial charge in [0.1, 0.15) is 6.33 Å². The maximum atomic E-state index is 5.82. The standard InChI is InChI=1S/C8H6Br2N4/c9-5-3-13-8(6(10)7(5)11)14-2-1-12-4-14/h1-4H,(H2,11,13). The molecule has 0 aromatic carbocycles. The van der Waals surface area contributed by atoms with Crippen molar-refractivity contribution < 1.29 is 0 Å². The van der Waals surface area contributed by atoms with E-state index in [1.54, 1.807) is 29.5 Å². The molecule has 0 atom stereocenters. The number of nitrogens with zero attached hydrogens (tertiary/aromatic N) is 3. The molecule has 6 heteroatoms. The fraction of sp³-hybridized carbons (Fsp3) is 0. The first-order valence-corrected chi connectivity index (χ1v) is 5.36. The molecule has 0 saturated heterocycles. The third-order valence-corrected chi connectivity index (χ3v) is 3.15. The van der Waals surface area contributed by atoms with Crippen molar-refractivity contribution in [3.05, 3.63) is 33.9 Å². The summed E-state index contributed by atoms with van der Waals surface area (Å²) in [6.45, 7) is 0. The lowest BCUT2D eigenvalue weighted by Gasteiger charge is -2.07. The summed E-state index contributed by atoms with van der Waals surface area (Å²) in [5.74, 6) is 0.725. The SMILES string of the molecule is Nc1c(Br)cnc(-n2ccnc2)c1Br. The number of pyridine rings is 1. The van der Waals surface area contributed by atoms with Crippen LogP contribution >= 0.6 is 31.9 Å². The average Bonchev–Trinajstić information content (AvgIpc) is 2.67. The predicted molar refractivity (Wildman–Crippen MR) is 61.2 cm³/mol. The number of hydrogen-bond acceptors (Lipinski definition) is 3. The largest absolute Gasteiger partial charge is 0.397 e. The van der Waals surface area contributed by atoms with Crippen LogP contribution in [-0.2, 0) is 0 Å². The minimum atomic E-state index is 0.628. The molecule has 0 aliphatic carbocycles. The summed E-state index contributed by atoms with van der Waals surface area (Å²) in [5, 5.41) is 0. The number of imidazole rings is 1. The zero-order valence-corrected chi connectivity index (χ0v) is 10.2. The summed E-state index contributed by atoms with van der Waals surface area (Å²) in [6, 6.07) is 0. The number of nitrogen functional groups attached to an aromatic ring is 1. The highest BCUT2D eigenvalue weighted by atomic mass is 79.9. The normalized spacial score (nSPS) is 10.4. The first kappa shape index (κ1) is 9.67. The number of halogens is 2. The number of nitrogens with two attached hydrogens (primary N) is 1. The Hall–Kier alpha value is -0.880. The van der Waals surface area contributed by atoms with Gasteiger partial charge in [-0.2, -0.15) is 0 Å². The van der Waals surface area contributed by atoms with Gasteiger partial charge in [-0.05, 0) is 31.9 Å². The zero-order chi connectivity index (χ0) is 10.1. The molecule has 0 aliphatic heterocycles. The number of rotatable bonds is 1. The Morgan fingerprint density at radius 1 is 1.36 bits per heavy atom.